The second-order valence-corrected chi connectivity index (χ2v) is 5.04. The van der Waals surface area contributed by atoms with E-state index in [-0.39, 0.29) is 6.04 Å². The maximum absolute atomic E-state index is 6.28. The van der Waals surface area contributed by atoms with Crippen molar-refractivity contribution < 1.29 is 9.15 Å². The summed E-state index contributed by atoms with van der Waals surface area (Å²) >= 11 is 0. The number of fused-ring (bicyclic) bond motifs is 1. The van der Waals surface area contributed by atoms with Gasteiger partial charge in [-0.15, -0.1) is 0 Å². The first-order valence-corrected chi connectivity index (χ1v) is 6.31. The fourth-order valence-electron chi connectivity index (χ4n) is 2.13. The summed E-state index contributed by atoms with van der Waals surface area (Å²) in [7, 11) is 1.69. The van der Waals surface area contributed by atoms with E-state index in [9.17, 15) is 0 Å². The van der Waals surface area contributed by atoms with Crippen molar-refractivity contribution in [1.29, 1.82) is 0 Å². The molecule has 0 aliphatic rings. The van der Waals surface area contributed by atoms with E-state index < -0.39 is 5.60 Å². The van der Waals surface area contributed by atoms with Gasteiger partial charge in [0.1, 0.15) is 11.3 Å². The van der Waals surface area contributed by atoms with Crippen molar-refractivity contribution in [3.63, 3.8) is 0 Å². The van der Waals surface area contributed by atoms with Crippen molar-refractivity contribution >= 4 is 11.0 Å². The molecule has 1 aromatic heterocycles. The number of hydrogen-bond acceptors (Lipinski definition) is 3. The summed E-state index contributed by atoms with van der Waals surface area (Å²) in [6, 6.07) is 7.87. The molecule has 2 unspecified atom stereocenters. The van der Waals surface area contributed by atoms with Gasteiger partial charge in [-0.1, -0.05) is 18.6 Å². The molecule has 2 rings (SSSR count). The molecule has 0 saturated heterocycles. The third-order valence-corrected chi connectivity index (χ3v) is 3.82. The summed E-state index contributed by atoms with van der Waals surface area (Å²) in [5.41, 5.74) is 7.97. The first kappa shape index (κ1) is 13.1. The topological polar surface area (TPSA) is 48.4 Å². The summed E-state index contributed by atoms with van der Waals surface area (Å²) in [5, 5.41) is 1.09. The first-order valence-electron chi connectivity index (χ1n) is 6.31. The quantitative estimate of drug-likeness (QED) is 0.898. The predicted octanol–water partition coefficient (Wildman–Crippen LogP) is 3.56. The number of benzene rings is 1. The van der Waals surface area contributed by atoms with Crippen LogP contribution in [0.3, 0.4) is 0 Å². The maximum Gasteiger partial charge on any atom is 0.134 e. The van der Waals surface area contributed by atoms with Gasteiger partial charge in [-0.3, -0.25) is 0 Å². The minimum absolute atomic E-state index is 0.264. The zero-order valence-electron chi connectivity index (χ0n) is 11.5. The van der Waals surface area contributed by atoms with E-state index in [2.05, 4.69) is 19.9 Å². The molecule has 0 aliphatic heterocycles. The standard InChI is InChI=1S/C15H21NO2/c1-5-15(3,17-4)14(16)13-9-11-8-10(2)6-7-12(11)18-13/h6-9,14H,5,16H2,1-4H3. The molecule has 0 amide bonds. The fraction of sp³-hybridized carbons (Fsp3) is 0.467. The molecular weight excluding hydrogens is 226 g/mol. The maximum atomic E-state index is 6.28. The van der Waals surface area contributed by atoms with Crippen LogP contribution in [0.4, 0.5) is 0 Å². The van der Waals surface area contributed by atoms with Crippen molar-refractivity contribution in [2.45, 2.75) is 38.8 Å². The number of ether oxygens (including phenoxy) is 1. The van der Waals surface area contributed by atoms with Crippen molar-refractivity contribution in [3.05, 3.63) is 35.6 Å². The number of aryl methyl sites for hydroxylation is 1. The minimum Gasteiger partial charge on any atom is -0.459 e. The highest BCUT2D eigenvalue weighted by atomic mass is 16.5. The average molecular weight is 247 g/mol. The summed E-state index contributed by atoms with van der Waals surface area (Å²) in [6.07, 6.45) is 0.834. The van der Waals surface area contributed by atoms with Crippen LogP contribution in [0.1, 0.15) is 37.6 Å². The molecule has 2 N–H and O–H groups in total. The molecule has 2 aromatic rings. The van der Waals surface area contributed by atoms with Crippen molar-refractivity contribution in [2.24, 2.45) is 5.73 Å². The molecule has 3 heteroatoms. The van der Waals surface area contributed by atoms with Crippen LogP contribution in [0.5, 0.6) is 0 Å². The Hall–Kier alpha value is -1.32. The Balaban J connectivity index is 2.42. The van der Waals surface area contributed by atoms with Gasteiger partial charge in [0.15, 0.2) is 0 Å². The minimum atomic E-state index is -0.400. The molecule has 0 fully saturated rings. The first-order chi connectivity index (χ1) is 8.50. The van der Waals surface area contributed by atoms with Crippen molar-refractivity contribution in [1.82, 2.24) is 0 Å². The Morgan fingerprint density at radius 2 is 2.11 bits per heavy atom. The van der Waals surface area contributed by atoms with Crippen LogP contribution in [0, 0.1) is 6.92 Å². The van der Waals surface area contributed by atoms with E-state index >= 15 is 0 Å². The molecule has 1 aromatic carbocycles. The predicted molar refractivity (Wildman–Crippen MR) is 73.6 cm³/mol. The summed E-state index contributed by atoms with van der Waals surface area (Å²) < 4.78 is 11.4. The molecule has 98 valence electrons. The third-order valence-electron chi connectivity index (χ3n) is 3.82. The lowest BCUT2D eigenvalue weighted by Crippen LogP contribution is -2.39. The Morgan fingerprint density at radius 3 is 2.72 bits per heavy atom. The molecule has 0 aliphatic carbocycles. The number of furan rings is 1. The van der Waals surface area contributed by atoms with Crippen LogP contribution in [-0.4, -0.2) is 12.7 Å². The Bertz CT molecular complexity index is 540. The largest absolute Gasteiger partial charge is 0.459 e. The molecule has 0 saturated carbocycles. The normalized spacial score (nSPS) is 16.7. The molecule has 18 heavy (non-hydrogen) atoms. The third kappa shape index (κ3) is 2.16. The molecule has 2 atom stereocenters. The number of nitrogens with two attached hydrogens (primary N) is 1. The van der Waals surface area contributed by atoms with Gasteiger partial charge < -0.3 is 14.9 Å². The van der Waals surface area contributed by atoms with Gasteiger partial charge in [-0.2, -0.15) is 0 Å². The van der Waals surface area contributed by atoms with E-state index in [1.165, 1.54) is 5.56 Å². The second kappa shape index (κ2) is 4.75. The lowest BCUT2D eigenvalue weighted by molar-refractivity contribution is -0.0240. The van der Waals surface area contributed by atoms with E-state index in [1.54, 1.807) is 7.11 Å². The smallest absolute Gasteiger partial charge is 0.134 e. The SMILES string of the molecule is CCC(C)(OC)C(N)c1cc2cc(C)ccc2o1. The van der Waals surface area contributed by atoms with Crippen LogP contribution in [0.15, 0.2) is 28.7 Å². The molecule has 0 radical (unpaired) electrons. The highest BCUT2D eigenvalue weighted by Crippen LogP contribution is 2.33. The highest BCUT2D eigenvalue weighted by molar-refractivity contribution is 5.78. The van der Waals surface area contributed by atoms with Crippen LogP contribution >= 0.6 is 0 Å². The van der Waals surface area contributed by atoms with Gasteiger partial charge in [-0.05, 0) is 38.5 Å². The summed E-state index contributed by atoms with van der Waals surface area (Å²) in [4.78, 5) is 0. The van der Waals surface area contributed by atoms with Gasteiger partial charge in [0.05, 0.1) is 11.6 Å². The van der Waals surface area contributed by atoms with E-state index in [0.717, 1.165) is 23.2 Å². The Kier molecular flexibility index (Phi) is 3.46. The molecule has 0 spiro atoms. The number of methoxy groups -OCH3 is 1. The molecule has 3 nitrogen and oxygen atoms in total. The van der Waals surface area contributed by atoms with Gasteiger partial charge >= 0.3 is 0 Å². The summed E-state index contributed by atoms with van der Waals surface area (Å²) in [5.74, 6) is 0.779. The van der Waals surface area contributed by atoms with Gasteiger partial charge in [0.2, 0.25) is 0 Å². The number of hydrogen-bond donors (Lipinski definition) is 1. The van der Waals surface area contributed by atoms with Crippen molar-refractivity contribution in [3.8, 4) is 0 Å². The Labute approximate surface area is 108 Å². The van der Waals surface area contributed by atoms with Crippen LogP contribution in [-0.2, 0) is 4.74 Å². The average Bonchev–Trinajstić information content (AvgIpc) is 2.79. The fourth-order valence-corrected chi connectivity index (χ4v) is 2.13. The zero-order valence-corrected chi connectivity index (χ0v) is 11.5. The van der Waals surface area contributed by atoms with Gasteiger partial charge in [0, 0.05) is 12.5 Å². The number of rotatable bonds is 4. The monoisotopic (exact) mass is 247 g/mol. The molecular formula is C15H21NO2. The van der Waals surface area contributed by atoms with Crippen LogP contribution in [0.2, 0.25) is 0 Å². The van der Waals surface area contributed by atoms with E-state index in [0.29, 0.717) is 0 Å². The van der Waals surface area contributed by atoms with Gasteiger partial charge in [0.25, 0.3) is 0 Å². The molecule has 1 heterocycles. The lowest BCUT2D eigenvalue weighted by atomic mass is 9.92. The zero-order chi connectivity index (χ0) is 13.3. The lowest BCUT2D eigenvalue weighted by Gasteiger charge is -2.31. The Morgan fingerprint density at radius 1 is 1.39 bits per heavy atom. The van der Waals surface area contributed by atoms with Crippen LogP contribution in [0.25, 0.3) is 11.0 Å². The summed E-state index contributed by atoms with van der Waals surface area (Å²) in [6.45, 7) is 6.14. The highest BCUT2D eigenvalue weighted by Gasteiger charge is 2.33. The second-order valence-electron chi connectivity index (χ2n) is 5.04. The van der Waals surface area contributed by atoms with Crippen LogP contribution < -0.4 is 5.73 Å². The van der Waals surface area contributed by atoms with E-state index in [4.69, 9.17) is 14.9 Å². The van der Waals surface area contributed by atoms with Gasteiger partial charge in [-0.25, -0.2) is 0 Å². The molecule has 0 bridgehead atoms. The van der Waals surface area contributed by atoms with Crippen molar-refractivity contribution in [2.75, 3.05) is 7.11 Å². The van der Waals surface area contributed by atoms with E-state index in [1.807, 2.05) is 25.1 Å².